The van der Waals surface area contributed by atoms with E-state index in [0.717, 1.165) is 31.5 Å². The first kappa shape index (κ1) is 28.7. The number of rotatable bonds is 11. The second-order valence-corrected chi connectivity index (χ2v) is 11.7. The minimum absolute atomic E-state index is 0.130. The molecular weight excluding hydrogens is 547 g/mol. The summed E-state index contributed by atoms with van der Waals surface area (Å²) in [6, 6.07) is 11.9. The lowest BCUT2D eigenvalue weighted by Crippen LogP contribution is -2.38. The molecule has 3 N–H and O–H groups in total. The molecule has 12 heteroatoms. The molecular formula is C29H33FN6O4S. The molecule has 0 amide bonds. The largest absolute Gasteiger partial charge is 0.437 e. The van der Waals surface area contributed by atoms with Crippen LogP contribution in [0.25, 0.3) is 22.0 Å². The molecule has 1 fully saturated rings. The van der Waals surface area contributed by atoms with Crippen molar-refractivity contribution in [2.24, 2.45) is 0 Å². The second kappa shape index (κ2) is 12.8. The Morgan fingerprint density at radius 1 is 1.10 bits per heavy atom. The third-order valence-corrected chi connectivity index (χ3v) is 8.19. The molecule has 2 aromatic carbocycles. The maximum atomic E-state index is 15.0. The predicted molar refractivity (Wildman–Crippen MR) is 157 cm³/mol. The van der Waals surface area contributed by atoms with Crippen LogP contribution in [0.15, 0.2) is 54.9 Å². The summed E-state index contributed by atoms with van der Waals surface area (Å²) in [5.74, 6) is 0.373. The van der Waals surface area contributed by atoms with Gasteiger partial charge in [-0.25, -0.2) is 27.8 Å². The lowest BCUT2D eigenvalue weighted by atomic mass is 10.0. The number of hydrogen-bond donors (Lipinski definition) is 3. The van der Waals surface area contributed by atoms with Gasteiger partial charge >= 0.3 is 0 Å². The van der Waals surface area contributed by atoms with E-state index in [1.54, 1.807) is 42.7 Å². The van der Waals surface area contributed by atoms with E-state index < -0.39 is 15.8 Å². The number of aryl methyl sites for hydroxylation is 1. The molecule has 10 nitrogen and oxygen atoms in total. The van der Waals surface area contributed by atoms with Crippen LogP contribution in [0.1, 0.15) is 24.8 Å². The highest BCUT2D eigenvalue weighted by molar-refractivity contribution is 7.92. The molecule has 41 heavy (non-hydrogen) atoms. The summed E-state index contributed by atoms with van der Waals surface area (Å²) in [7, 11) is -2.31. The first-order valence-electron chi connectivity index (χ1n) is 13.5. The molecule has 4 aromatic rings. The molecule has 1 atom stereocenters. The molecule has 3 heterocycles. The zero-order valence-electron chi connectivity index (χ0n) is 23.0. The van der Waals surface area contributed by atoms with Crippen molar-refractivity contribution in [3.8, 4) is 22.9 Å². The third-order valence-electron chi connectivity index (χ3n) is 6.85. The smallest absolute Gasteiger partial charge is 0.232 e. The highest BCUT2D eigenvalue weighted by Crippen LogP contribution is 2.39. The lowest BCUT2D eigenvalue weighted by Gasteiger charge is -2.23. The molecule has 0 bridgehead atoms. The van der Waals surface area contributed by atoms with E-state index in [-0.39, 0.29) is 30.5 Å². The summed E-state index contributed by atoms with van der Waals surface area (Å²) < 4.78 is 54.1. The third kappa shape index (κ3) is 6.89. The topological polar surface area (TPSA) is 127 Å². The lowest BCUT2D eigenvalue weighted by molar-refractivity contribution is 0.199. The number of pyridine rings is 1. The van der Waals surface area contributed by atoms with Gasteiger partial charge in [0.15, 0.2) is 0 Å². The Balaban J connectivity index is 1.48. The summed E-state index contributed by atoms with van der Waals surface area (Å²) in [4.78, 5) is 13.6. The molecule has 0 unspecified atom stereocenters. The fraction of sp³-hybridized carbons (Fsp3) is 0.345. The molecule has 2 aromatic heterocycles. The summed E-state index contributed by atoms with van der Waals surface area (Å²) in [6.45, 7) is 4.00. The predicted octanol–water partition coefficient (Wildman–Crippen LogP) is 4.87. The zero-order valence-corrected chi connectivity index (χ0v) is 23.8. The van der Waals surface area contributed by atoms with Gasteiger partial charge in [-0.3, -0.25) is 4.72 Å². The summed E-state index contributed by atoms with van der Waals surface area (Å²) in [6.07, 6.45) is 5.71. The van der Waals surface area contributed by atoms with Gasteiger partial charge in [0.25, 0.3) is 0 Å². The molecule has 0 aliphatic carbocycles. The maximum Gasteiger partial charge on any atom is 0.232 e. The Kier molecular flexibility index (Phi) is 8.91. The van der Waals surface area contributed by atoms with Crippen LogP contribution < -0.4 is 20.1 Å². The van der Waals surface area contributed by atoms with Crippen LogP contribution in [-0.2, 0) is 14.8 Å². The van der Waals surface area contributed by atoms with Gasteiger partial charge in [-0.1, -0.05) is 12.1 Å². The number of piperidine rings is 1. The number of hydrogen-bond acceptors (Lipinski definition) is 9. The van der Waals surface area contributed by atoms with Crippen molar-refractivity contribution in [1.29, 1.82) is 0 Å². The van der Waals surface area contributed by atoms with Crippen LogP contribution in [0.4, 0.5) is 16.0 Å². The minimum Gasteiger partial charge on any atom is -0.437 e. The van der Waals surface area contributed by atoms with Crippen molar-refractivity contribution < 1.29 is 22.3 Å². The molecule has 0 saturated carbocycles. The zero-order chi connectivity index (χ0) is 28.8. The van der Waals surface area contributed by atoms with Crippen LogP contribution in [0.2, 0.25) is 0 Å². The van der Waals surface area contributed by atoms with Gasteiger partial charge in [-0.05, 0) is 68.6 Å². The first-order chi connectivity index (χ1) is 19.8. The molecule has 1 saturated heterocycles. The number of sulfonamides is 1. The number of ether oxygens (including phenoxy) is 2. The molecule has 0 radical (unpaired) electrons. The summed E-state index contributed by atoms with van der Waals surface area (Å²) in [5, 5.41) is 7.67. The normalized spacial score (nSPS) is 15.5. The van der Waals surface area contributed by atoms with Gasteiger partial charge < -0.3 is 20.1 Å². The van der Waals surface area contributed by atoms with Crippen LogP contribution in [0.5, 0.6) is 11.6 Å². The Bertz CT molecular complexity index is 1630. The number of halogens is 1. The number of aromatic nitrogens is 3. The quantitative estimate of drug-likeness (QED) is 0.213. The highest BCUT2D eigenvalue weighted by Gasteiger charge is 2.20. The van der Waals surface area contributed by atoms with Crippen molar-refractivity contribution in [1.82, 2.24) is 20.3 Å². The Morgan fingerprint density at radius 3 is 2.76 bits per heavy atom. The average molecular weight is 581 g/mol. The Morgan fingerprint density at radius 2 is 1.95 bits per heavy atom. The summed E-state index contributed by atoms with van der Waals surface area (Å²) in [5.41, 5.74) is 1.92. The number of anilines is 2. The number of fused-ring (bicyclic) bond motifs is 1. The van der Waals surface area contributed by atoms with Gasteiger partial charge in [0.2, 0.25) is 21.9 Å². The molecule has 0 spiro atoms. The SMILES string of the molecule is COCCCS(=O)(=O)Nc1c(F)ccc2c(Oc3ncccc3-c3ccnc(N[C@H]4CCCNC4)n3)c(C)ccc12. The van der Waals surface area contributed by atoms with Crippen molar-refractivity contribution in [2.45, 2.75) is 32.2 Å². The molecule has 216 valence electrons. The Labute approximate surface area is 238 Å². The van der Waals surface area contributed by atoms with E-state index >= 15 is 0 Å². The van der Waals surface area contributed by atoms with Crippen LogP contribution in [-0.4, -0.2) is 62.0 Å². The van der Waals surface area contributed by atoms with Gasteiger partial charge in [-0.2, -0.15) is 0 Å². The standard InChI is InChI=1S/C29H33FN6O4S/c1-19-8-9-21-22(10-11-24(30)26(21)36-41(37,38)17-5-16-39-2)27(19)40-28-23(7-4-14-32-28)25-12-15-33-29(35-25)34-20-6-3-13-31-18-20/h4,7-12,14-15,20,31,36H,3,5-6,13,16-18H2,1-2H3,(H,33,34,35)/t20-/m0/s1. The number of benzene rings is 2. The van der Waals surface area contributed by atoms with Crippen molar-refractivity contribution in [3.63, 3.8) is 0 Å². The monoisotopic (exact) mass is 580 g/mol. The highest BCUT2D eigenvalue weighted by atomic mass is 32.2. The number of nitrogens with one attached hydrogen (secondary N) is 3. The van der Waals surface area contributed by atoms with Crippen LogP contribution in [0, 0.1) is 12.7 Å². The average Bonchev–Trinajstić information content (AvgIpc) is 2.97. The van der Waals surface area contributed by atoms with Gasteiger partial charge in [0.1, 0.15) is 11.6 Å². The van der Waals surface area contributed by atoms with E-state index in [2.05, 4.69) is 25.3 Å². The Hall–Kier alpha value is -3.87. The number of nitrogens with zero attached hydrogens (tertiary/aromatic N) is 3. The van der Waals surface area contributed by atoms with Gasteiger partial charge in [-0.15, -0.1) is 0 Å². The van der Waals surface area contributed by atoms with Crippen LogP contribution in [0.3, 0.4) is 0 Å². The minimum atomic E-state index is -3.81. The van der Waals surface area contributed by atoms with Crippen molar-refractivity contribution in [3.05, 3.63) is 66.2 Å². The fourth-order valence-corrected chi connectivity index (χ4v) is 5.92. The molecule has 5 rings (SSSR count). The van der Waals surface area contributed by atoms with E-state index in [1.165, 1.54) is 13.2 Å². The van der Waals surface area contributed by atoms with Crippen molar-refractivity contribution in [2.75, 3.05) is 42.6 Å². The number of methoxy groups -OCH3 is 1. The second-order valence-electron chi connectivity index (χ2n) is 9.91. The molecule has 1 aliphatic rings. The van der Waals surface area contributed by atoms with E-state index in [1.807, 2.05) is 13.0 Å². The fourth-order valence-electron chi connectivity index (χ4n) is 4.80. The van der Waals surface area contributed by atoms with E-state index in [9.17, 15) is 12.8 Å². The van der Waals surface area contributed by atoms with Gasteiger partial charge in [0.05, 0.1) is 22.7 Å². The van der Waals surface area contributed by atoms with E-state index in [0.29, 0.717) is 39.6 Å². The van der Waals surface area contributed by atoms with Gasteiger partial charge in [0, 0.05) is 49.5 Å². The van der Waals surface area contributed by atoms with Crippen LogP contribution >= 0.6 is 0 Å². The molecule has 1 aliphatic heterocycles. The maximum absolute atomic E-state index is 15.0. The van der Waals surface area contributed by atoms with Crippen molar-refractivity contribution >= 4 is 32.4 Å². The van der Waals surface area contributed by atoms with E-state index in [4.69, 9.17) is 14.5 Å². The first-order valence-corrected chi connectivity index (χ1v) is 15.1. The summed E-state index contributed by atoms with van der Waals surface area (Å²) >= 11 is 0.